The summed E-state index contributed by atoms with van der Waals surface area (Å²) in [4.78, 5) is 0. The molecule has 2 fully saturated rings. The van der Waals surface area contributed by atoms with Gasteiger partial charge >= 0.3 is 0 Å². The summed E-state index contributed by atoms with van der Waals surface area (Å²) < 4.78 is 0. The molecule has 0 amide bonds. The van der Waals surface area contributed by atoms with Crippen LogP contribution >= 0.6 is 0 Å². The lowest BCUT2D eigenvalue weighted by Gasteiger charge is -2.33. The third kappa shape index (κ3) is 3.98. The van der Waals surface area contributed by atoms with Crippen molar-refractivity contribution in [3.05, 3.63) is 0 Å². The van der Waals surface area contributed by atoms with Crippen LogP contribution in [-0.4, -0.2) is 12.6 Å². The van der Waals surface area contributed by atoms with Gasteiger partial charge in [0.1, 0.15) is 0 Å². The topological polar surface area (TPSA) is 12.0 Å². The molecule has 0 aliphatic heterocycles. The molecule has 2 aliphatic carbocycles. The number of rotatable bonds is 6. The summed E-state index contributed by atoms with van der Waals surface area (Å²) in [5.41, 5.74) is 0. The predicted octanol–water partition coefficient (Wildman–Crippen LogP) is 4.76. The lowest BCUT2D eigenvalue weighted by molar-refractivity contribution is 0.225. The molecular weight excluding hydrogens is 218 g/mol. The van der Waals surface area contributed by atoms with E-state index in [-0.39, 0.29) is 0 Å². The van der Waals surface area contributed by atoms with Crippen molar-refractivity contribution in [2.75, 3.05) is 6.54 Å². The van der Waals surface area contributed by atoms with Crippen LogP contribution in [0.15, 0.2) is 0 Å². The first-order valence-corrected chi connectivity index (χ1v) is 8.54. The van der Waals surface area contributed by atoms with E-state index in [0.717, 1.165) is 23.8 Å². The minimum absolute atomic E-state index is 0.825. The maximum atomic E-state index is 3.89. The fourth-order valence-electron chi connectivity index (χ4n) is 4.29. The Kier molecular flexibility index (Phi) is 6.01. The molecule has 0 bridgehead atoms. The monoisotopic (exact) mass is 251 g/mol. The van der Waals surface area contributed by atoms with Crippen LogP contribution in [0.4, 0.5) is 0 Å². The molecule has 106 valence electrons. The Balaban J connectivity index is 1.86. The van der Waals surface area contributed by atoms with Crippen LogP contribution in [-0.2, 0) is 0 Å². The number of hydrogen-bond acceptors (Lipinski definition) is 1. The van der Waals surface area contributed by atoms with Crippen LogP contribution in [0.5, 0.6) is 0 Å². The van der Waals surface area contributed by atoms with E-state index in [4.69, 9.17) is 0 Å². The quantitative estimate of drug-likeness (QED) is 0.717. The Morgan fingerprint density at radius 1 is 1.00 bits per heavy atom. The molecule has 1 nitrogen and oxygen atoms in total. The lowest BCUT2D eigenvalue weighted by atomic mass is 9.79. The van der Waals surface area contributed by atoms with Gasteiger partial charge in [-0.15, -0.1) is 0 Å². The van der Waals surface area contributed by atoms with Crippen molar-refractivity contribution >= 4 is 0 Å². The van der Waals surface area contributed by atoms with Gasteiger partial charge in [0.2, 0.25) is 0 Å². The van der Waals surface area contributed by atoms with E-state index in [0.29, 0.717) is 0 Å². The van der Waals surface area contributed by atoms with Crippen molar-refractivity contribution in [1.82, 2.24) is 5.32 Å². The molecule has 1 heteroatoms. The summed E-state index contributed by atoms with van der Waals surface area (Å²) in [7, 11) is 0. The van der Waals surface area contributed by atoms with Gasteiger partial charge in [-0.25, -0.2) is 0 Å². The molecule has 0 aromatic heterocycles. The number of hydrogen-bond donors (Lipinski definition) is 1. The highest BCUT2D eigenvalue weighted by Crippen LogP contribution is 2.37. The molecule has 3 unspecified atom stereocenters. The Bertz CT molecular complexity index is 220. The second-order valence-corrected chi connectivity index (χ2v) is 6.87. The van der Waals surface area contributed by atoms with Crippen LogP contribution in [0.3, 0.4) is 0 Å². The SMILES string of the molecule is CCCNC(CC1CCCCC1)C1CCCC1C. The van der Waals surface area contributed by atoms with Gasteiger partial charge in [-0.05, 0) is 43.6 Å². The van der Waals surface area contributed by atoms with Crippen LogP contribution < -0.4 is 5.32 Å². The van der Waals surface area contributed by atoms with E-state index in [1.54, 1.807) is 0 Å². The van der Waals surface area contributed by atoms with E-state index < -0.39 is 0 Å². The van der Waals surface area contributed by atoms with Crippen LogP contribution in [0.25, 0.3) is 0 Å². The van der Waals surface area contributed by atoms with Gasteiger partial charge in [-0.2, -0.15) is 0 Å². The van der Waals surface area contributed by atoms with E-state index in [1.165, 1.54) is 70.8 Å². The van der Waals surface area contributed by atoms with Gasteiger partial charge < -0.3 is 5.32 Å². The zero-order chi connectivity index (χ0) is 12.8. The standard InChI is InChI=1S/C17H33N/c1-3-12-18-17(16-11-7-8-14(16)2)13-15-9-5-4-6-10-15/h14-18H,3-13H2,1-2H3. The van der Waals surface area contributed by atoms with Gasteiger partial charge in [-0.3, -0.25) is 0 Å². The zero-order valence-corrected chi connectivity index (χ0v) is 12.6. The van der Waals surface area contributed by atoms with E-state index in [9.17, 15) is 0 Å². The van der Waals surface area contributed by atoms with Crippen molar-refractivity contribution in [3.63, 3.8) is 0 Å². The Hall–Kier alpha value is -0.0400. The second kappa shape index (κ2) is 7.53. The molecule has 18 heavy (non-hydrogen) atoms. The third-order valence-electron chi connectivity index (χ3n) is 5.41. The maximum absolute atomic E-state index is 3.89. The smallest absolute Gasteiger partial charge is 0.0100 e. The molecule has 1 N–H and O–H groups in total. The Labute approximate surface area is 114 Å². The molecule has 0 radical (unpaired) electrons. The van der Waals surface area contributed by atoms with Crippen molar-refractivity contribution in [2.24, 2.45) is 17.8 Å². The Morgan fingerprint density at radius 2 is 1.78 bits per heavy atom. The molecule has 2 saturated carbocycles. The molecule has 0 aromatic carbocycles. The molecular formula is C17H33N. The summed E-state index contributed by atoms with van der Waals surface area (Å²) in [6, 6.07) is 0.825. The van der Waals surface area contributed by atoms with Crippen molar-refractivity contribution in [2.45, 2.75) is 84.1 Å². The fourth-order valence-corrected chi connectivity index (χ4v) is 4.29. The van der Waals surface area contributed by atoms with Gasteiger partial charge in [0.15, 0.2) is 0 Å². The average molecular weight is 251 g/mol. The van der Waals surface area contributed by atoms with E-state index in [1.807, 2.05) is 0 Å². The summed E-state index contributed by atoms with van der Waals surface area (Å²) >= 11 is 0. The van der Waals surface area contributed by atoms with E-state index >= 15 is 0 Å². The fraction of sp³-hybridized carbons (Fsp3) is 1.00. The third-order valence-corrected chi connectivity index (χ3v) is 5.41. The van der Waals surface area contributed by atoms with Gasteiger partial charge in [0.25, 0.3) is 0 Å². The summed E-state index contributed by atoms with van der Waals surface area (Å²) in [5.74, 6) is 2.96. The molecule has 3 atom stereocenters. The maximum Gasteiger partial charge on any atom is 0.0100 e. The first kappa shape index (κ1) is 14.4. The zero-order valence-electron chi connectivity index (χ0n) is 12.6. The first-order chi connectivity index (χ1) is 8.81. The summed E-state index contributed by atoms with van der Waals surface area (Å²) in [6.07, 6.45) is 14.7. The summed E-state index contributed by atoms with van der Waals surface area (Å²) in [5, 5.41) is 3.89. The predicted molar refractivity (Wildman–Crippen MR) is 79.8 cm³/mol. The summed E-state index contributed by atoms with van der Waals surface area (Å²) in [6.45, 7) is 6.00. The van der Waals surface area contributed by atoms with Crippen LogP contribution in [0.1, 0.15) is 78.1 Å². The minimum atomic E-state index is 0.825. The second-order valence-electron chi connectivity index (χ2n) is 6.87. The minimum Gasteiger partial charge on any atom is -0.314 e. The molecule has 2 aliphatic rings. The molecule has 2 rings (SSSR count). The van der Waals surface area contributed by atoms with Gasteiger partial charge in [-0.1, -0.05) is 58.8 Å². The molecule has 0 aromatic rings. The van der Waals surface area contributed by atoms with E-state index in [2.05, 4.69) is 19.2 Å². The molecule has 0 saturated heterocycles. The first-order valence-electron chi connectivity index (χ1n) is 8.54. The van der Waals surface area contributed by atoms with Crippen molar-refractivity contribution in [3.8, 4) is 0 Å². The number of nitrogens with one attached hydrogen (secondary N) is 1. The highest BCUT2D eigenvalue weighted by atomic mass is 14.9. The average Bonchev–Trinajstić information content (AvgIpc) is 2.82. The van der Waals surface area contributed by atoms with Crippen molar-refractivity contribution in [1.29, 1.82) is 0 Å². The lowest BCUT2D eigenvalue weighted by Crippen LogP contribution is -2.39. The van der Waals surface area contributed by atoms with Crippen LogP contribution in [0, 0.1) is 17.8 Å². The van der Waals surface area contributed by atoms with Gasteiger partial charge in [0, 0.05) is 6.04 Å². The Morgan fingerprint density at radius 3 is 2.39 bits per heavy atom. The molecule has 0 spiro atoms. The molecule has 0 heterocycles. The largest absolute Gasteiger partial charge is 0.314 e. The van der Waals surface area contributed by atoms with Crippen LogP contribution in [0.2, 0.25) is 0 Å². The van der Waals surface area contributed by atoms with Gasteiger partial charge in [0.05, 0.1) is 0 Å². The normalized spacial score (nSPS) is 31.7. The van der Waals surface area contributed by atoms with Crippen molar-refractivity contribution < 1.29 is 0 Å². The highest BCUT2D eigenvalue weighted by molar-refractivity contribution is 4.87. The highest BCUT2D eigenvalue weighted by Gasteiger charge is 2.32.